The van der Waals surface area contributed by atoms with Gasteiger partial charge in [0.2, 0.25) is 0 Å². The first-order chi connectivity index (χ1) is 11.3. The Morgan fingerprint density at radius 2 is 1.22 bits per heavy atom. The maximum atomic E-state index is 6.06. The molecule has 0 saturated carbocycles. The maximum absolute atomic E-state index is 6.06. The molecule has 2 heteroatoms. The maximum Gasteiger partial charge on any atom is 0.0723 e. The Morgan fingerprint density at radius 3 is 1.96 bits per heavy atom. The Kier molecular flexibility index (Phi) is 3.28. The van der Waals surface area contributed by atoms with Gasteiger partial charge in [-0.3, -0.25) is 4.98 Å². The third-order valence-corrected chi connectivity index (χ3v) is 4.10. The molecule has 23 heavy (non-hydrogen) atoms. The molecule has 4 aromatic rings. The highest BCUT2D eigenvalue weighted by atomic mass is 14.7. The zero-order chi connectivity index (χ0) is 15.6. The lowest BCUT2D eigenvalue weighted by Gasteiger charge is -2.07. The van der Waals surface area contributed by atoms with Crippen LogP contribution in [0.15, 0.2) is 85.1 Å². The molecule has 0 fully saturated rings. The van der Waals surface area contributed by atoms with Crippen molar-refractivity contribution in [1.82, 2.24) is 4.98 Å². The highest BCUT2D eigenvalue weighted by Gasteiger charge is 2.04. The van der Waals surface area contributed by atoms with E-state index in [0.717, 1.165) is 22.2 Å². The summed E-state index contributed by atoms with van der Waals surface area (Å²) < 4.78 is 0. The molecule has 0 aliphatic carbocycles. The summed E-state index contributed by atoms with van der Waals surface area (Å²) in [5.41, 5.74) is 12.5. The number of aromatic nitrogens is 1. The SMILES string of the molecule is Nc1ccnc2ccc(-c3ccc(-c4ccccc4)cc3)cc12. The smallest absolute Gasteiger partial charge is 0.0723 e. The number of rotatable bonds is 2. The first-order valence-corrected chi connectivity index (χ1v) is 7.61. The van der Waals surface area contributed by atoms with Gasteiger partial charge in [-0.15, -0.1) is 0 Å². The number of nitrogens with zero attached hydrogens (tertiary/aromatic N) is 1. The fourth-order valence-electron chi connectivity index (χ4n) is 2.83. The van der Waals surface area contributed by atoms with Crippen LogP contribution in [-0.4, -0.2) is 4.98 Å². The van der Waals surface area contributed by atoms with Gasteiger partial charge in [0, 0.05) is 17.3 Å². The predicted molar refractivity (Wildman–Crippen MR) is 97.0 cm³/mol. The van der Waals surface area contributed by atoms with E-state index >= 15 is 0 Å². The number of anilines is 1. The van der Waals surface area contributed by atoms with E-state index < -0.39 is 0 Å². The normalized spacial score (nSPS) is 10.8. The van der Waals surface area contributed by atoms with Crippen LogP contribution in [0.1, 0.15) is 0 Å². The summed E-state index contributed by atoms with van der Waals surface area (Å²) in [5.74, 6) is 0. The lowest BCUT2D eigenvalue weighted by Crippen LogP contribution is -1.89. The molecule has 0 saturated heterocycles. The third-order valence-electron chi connectivity index (χ3n) is 4.10. The average molecular weight is 296 g/mol. The van der Waals surface area contributed by atoms with Crippen LogP contribution in [0, 0.1) is 0 Å². The molecule has 0 atom stereocenters. The molecular formula is C21H16N2. The van der Waals surface area contributed by atoms with Crippen LogP contribution in [0.25, 0.3) is 33.2 Å². The molecule has 1 aromatic heterocycles. The second-order valence-electron chi connectivity index (χ2n) is 5.58. The molecule has 0 spiro atoms. The molecule has 3 aromatic carbocycles. The van der Waals surface area contributed by atoms with Gasteiger partial charge in [0.15, 0.2) is 0 Å². The summed E-state index contributed by atoms with van der Waals surface area (Å²) in [7, 11) is 0. The molecule has 0 radical (unpaired) electrons. The van der Waals surface area contributed by atoms with Gasteiger partial charge in [-0.2, -0.15) is 0 Å². The largest absolute Gasteiger partial charge is 0.398 e. The molecule has 0 bridgehead atoms. The van der Waals surface area contributed by atoms with Crippen molar-refractivity contribution in [1.29, 1.82) is 0 Å². The quantitative estimate of drug-likeness (QED) is 0.555. The van der Waals surface area contributed by atoms with Gasteiger partial charge < -0.3 is 5.73 Å². The minimum atomic E-state index is 0.762. The number of hydrogen-bond acceptors (Lipinski definition) is 2. The van der Waals surface area contributed by atoms with E-state index in [0.29, 0.717) is 0 Å². The number of hydrogen-bond donors (Lipinski definition) is 1. The summed E-state index contributed by atoms with van der Waals surface area (Å²) >= 11 is 0. The predicted octanol–water partition coefficient (Wildman–Crippen LogP) is 5.15. The van der Waals surface area contributed by atoms with Gasteiger partial charge in [0.25, 0.3) is 0 Å². The molecular weight excluding hydrogens is 280 g/mol. The second-order valence-corrected chi connectivity index (χ2v) is 5.58. The van der Waals surface area contributed by atoms with Crippen molar-refractivity contribution < 1.29 is 0 Å². The second kappa shape index (κ2) is 5.58. The van der Waals surface area contributed by atoms with Gasteiger partial charge in [-0.1, -0.05) is 60.7 Å². The van der Waals surface area contributed by atoms with E-state index in [1.54, 1.807) is 6.20 Å². The van der Waals surface area contributed by atoms with Crippen LogP contribution in [0.2, 0.25) is 0 Å². The van der Waals surface area contributed by atoms with Crippen molar-refractivity contribution in [2.45, 2.75) is 0 Å². The molecule has 4 rings (SSSR count). The molecule has 0 aliphatic heterocycles. The van der Waals surface area contributed by atoms with Crippen molar-refractivity contribution in [3.8, 4) is 22.3 Å². The van der Waals surface area contributed by atoms with Crippen molar-refractivity contribution in [3.05, 3.63) is 85.1 Å². The Bertz CT molecular complexity index is 958. The first-order valence-electron chi connectivity index (χ1n) is 7.61. The van der Waals surface area contributed by atoms with Crippen molar-refractivity contribution in [3.63, 3.8) is 0 Å². The van der Waals surface area contributed by atoms with Crippen molar-refractivity contribution in [2.24, 2.45) is 0 Å². The molecule has 1 heterocycles. The van der Waals surface area contributed by atoms with Crippen LogP contribution in [0.4, 0.5) is 5.69 Å². The summed E-state index contributed by atoms with van der Waals surface area (Å²) in [6.45, 7) is 0. The highest BCUT2D eigenvalue weighted by Crippen LogP contribution is 2.28. The number of benzene rings is 3. The topological polar surface area (TPSA) is 38.9 Å². The summed E-state index contributed by atoms with van der Waals surface area (Å²) in [6, 6.07) is 27.1. The Hall–Kier alpha value is -3.13. The van der Waals surface area contributed by atoms with Gasteiger partial charge in [0.05, 0.1) is 5.52 Å². The fourth-order valence-corrected chi connectivity index (χ4v) is 2.83. The van der Waals surface area contributed by atoms with Crippen LogP contribution >= 0.6 is 0 Å². The van der Waals surface area contributed by atoms with Gasteiger partial charge in [0.1, 0.15) is 0 Å². The molecule has 0 aliphatic rings. The first kappa shape index (κ1) is 13.5. The highest BCUT2D eigenvalue weighted by molar-refractivity contribution is 5.93. The standard InChI is InChI=1S/C21H16N2/c22-20-12-13-23-21-11-10-18(14-19(20)21)17-8-6-16(7-9-17)15-4-2-1-3-5-15/h1-14H,(H2,22,23). The van der Waals surface area contributed by atoms with Crippen LogP contribution in [0.3, 0.4) is 0 Å². The number of fused-ring (bicyclic) bond motifs is 1. The van der Waals surface area contributed by atoms with Crippen LogP contribution < -0.4 is 5.73 Å². The van der Waals surface area contributed by atoms with Crippen LogP contribution in [0.5, 0.6) is 0 Å². The van der Waals surface area contributed by atoms with E-state index in [1.165, 1.54) is 16.7 Å². The monoisotopic (exact) mass is 296 g/mol. The van der Waals surface area contributed by atoms with E-state index in [-0.39, 0.29) is 0 Å². The number of nitrogen functional groups attached to an aromatic ring is 1. The van der Waals surface area contributed by atoms with Gasteiger partial charge in [-0.25, -0.2) is 0 Å². The van der Waals surface area contributed by atoms with E-state index in [4.69, 9.17) is 5.73 Å². The summed E-state index contributed by atoms with van der Waals surface area (Å²) in [5, 5.41) is 0.997. The van der Waals surface area contributed by atoms with E-state index in [2.05, 4.69) is 65.6 Å². The molecule has 0 unspecified atom stereocenters. The minimum absolute atomic E-state index is 0.762. The minimum Gasteiger partial charge on any atom is -0.398 e. The Labute approximate surface area is 135 Å². The molecule has 110 valence electrons. The fraction of sp³-hybridized carbons (Fsp3) is 0. The Morgan fingerprint density at radius 1 is 0.609 bits per heavy atom. The molecule has 0 amide bonds. The summed E-state index contributed by atoms with van der Waals surface area (Å²) in [6.07, 6.45) is 1.74. The van der Waals surface area contributed by atoms with Gasteiger partial charge >= 0.3 is 0 Å². The van der Waals surface area contributed by atoms with E-state index in [9.17, 15) is 0 Å². The third kappa shape index (κ3) is 2.55. The van der Waals surface area contributed by atoms with Crippen molar-refractivity contribution in [2.75, 3.05) is 5.73 Å². The number of pyridine rings is 1. The number of nitrogens with two attached hydrogens (primary N) is 1. The lowest BCUT2D eigenvalue weighted by atomic mass is 9.99. The van der Waals surface area contributed by atoms with E-state index in [1.807, 2.05) is 18.2 Å². The average Bonchev–Trinajstić information content (AvgIpc) is 2.63. The van der Waals surface area contributed by atoms with Gasteiger partial charge in [-0.05, 0) is 40.5 Å². The lowest BCUT2D eigenvalue weighted by molar-refractivity contribution is 1.41. The zero-order valence-corrected chi connectivity index (χ0v) is 12.6. The van der Waals surface area contributed by atoms with Crippen molar-refractivity contribution >= 4 is 16.6 Å². The van der Waals surface area contributed by atoms with Crippen LogP contribution in [-0.2, 0) is 0 Å². The molecule has 2 N–H and O–H groups in total. The zero-order valence-electron chi connectivity index (χ0n) is 12.6. The summed E-state index contributed by atoms with van der Waals surface area (Å²) in [4.78, 5) is 4.35. The Balaban J connectivity index is 1.75. The molecule has 2 nitrogen and oxygen atoms in total.